The minimum Gasteiger partial charge on any atom is -0.343 e. The second-order valence-corrected chi connectivity index (χ2v) is 8.87. The standard InChI is InChI=1S/C18H28N4O4S/c1-15(18(24)21-12-8-5-9-13-21)19-17(23)14-22(27(25,26)20(2)3)16-10-6-4-7-11-16/h4,6-7,10-11,15H,5,8-9,12-14H2,1-3H3,(H,19,23). The SMILES string of the molecule is CC(NC(=O)CN(c1ccccc1)S(=O)(=O)N(C)C)C(=O)N1CCCCC1. The molecule has 2 amide bonds. The summed E-state index contributed by atoms with van der Waals surface area (Å²) in [6.45, 7) is 2.62. The van der Waals surface area contributed by atoms with Gasteiger partial charge in [0.1, 0.15) is 12.6 Å². The highest BCUT2D eigenvalue weighted by Gasteiger charge is 2.29. The van der Waals surface area contributed by atoms with Gasteiger partial charge in [-0.3, -0.25) is 9.59 Å². The lowest BCUT2D eigenvalue weighted by Gasteiger charge is -2.30. The fourth-order valence-electron chi connectivity index (χ4n) is 2.96. The maximum Gasteiger partial charge on any atom is 0.304 e. The molecule has 0 saturated carbocycles. The Morgan fingerprint density at radius 2 is 1.70 bits per heavy atom. The quantitative estimate of drug-likeness (QED) is 0.739. The van der Waals surface area contributed by atoms with E-state index in [1.165, 1.54) is 14.1 Å². The smallest absolute Gasteiger partial charge is 0.304 e. The maximum atomic E-state index is 12.6. The molecule has 0 radical (unpaired) electrons. The Morgan fingerprint density at radius 1 is 1.11 bits per heavy atom. The number of nitrogens with zero attached hydrogens (tertiary/aromatic N) is 3. The van der Waals surface area contributed by atoms with Gasteiger partial charge in [-0.15, -0.1) is 0 Å². The third-order valence-electron chi connectivity index (χ3n) is 4.49. The first kappa shape index (κ1) is 21.2. The third-order valence-corrected chi connectivity index (χ3v) is 6.31. The first-order valence-corrected chi connectivity index (χ1v) is 10.5. The van der Waals surface area contributed by atoms with E-state index in [0.717, 1.165) is 27.9 Å². The summed E-state index contributed by atoms with van der Waals surface area (Å²) in [6.07, 6.45) is 3.05. The van der Waals surface area contributed by atoms with Gasteiger partial charge in [0.15, 0.2) is 0 Å². The van der Waals surface area contributed by atoms with Gasteiger partial charge in [0, 0.05) is 27.2 Å². The molecule has 1 N–H and O–H groups in total. The van der Waals surface area contributed by atoms with Gasteiger partial charge in [-0.1, -0.05) is 18.2 Å². The van der Waals surface area contributed by atoms with Crippen LogP contribution < -0.4 is 9.62 Å². The zero-order chi connectivity index (χ0) is 20.0. The molecular weight excluding hydrogens is 368 g/mol. The van der Waals surface area contributed by atoms with Crippen LogP contribution in [0.1, 0.15) is 26.2 Å². The summed E-state index contributed by atoms with van der Waals surface area (Å²) >= 11 is 0. The summed E-state index contributed by atoms with van der Waals surface area (Å²) in [6, 6.07) is 7.72. The lowest BCUT2D eigenvalue weighted by Crippen LogP contribution is -2.52. The fourth-order valence-corrected chi connectivity index (χ4v) is 4.03. The minimum absolute atomic E-state index is 0.134. The number of benzene rings is 1. The molecule has 1 aromatic rings. The Labute approximate surface area is 161 Å². The Bertz CT molecular complexity index is 746. The van der Waals surface area contributed by atoms with Crippen LogP contribution >= 0.6 is 0 Å². The van der Waals surface area contributed by atoms with Crippen LogP contribution in [0.25, 0.3) is 0 Å². The van der Waals surface area contributed by atoms with E-state index in [2.05, 4.69) is 5.32 Å². The number of anilines is 1. The summed E-state index contributed by atoms with van der Waals surface area (Å²) in [5.74, 6) is -0.660. The number of likely N-dealkylation sites (tertiary alicyclic amines) is 1. The van der Waals surface area contributed by atoms with Gasteiger partial charge in [-0.2, -0.15) is 12.7 Å². The third kappa shape index (κ3) is 5.43. The second-order valence-electron chi connectivity index (χ2n) is 6.81. The molecule has 0 aromatic heterocycles. The van der Waals surface area contributed by atoms with E-state index in [1.54, 1.807) is 42.2 Å². The Kier molecular flexibility index (Phi) is 7.20. The van der Waals surface area contributed by atoms with Crippen LogP contribution in [0, 0.1) is 0 Å². The highest BCUT2D eigenvalue weighted by molar-refractivity contribution is 7.90. The molecule has 0 spiro atoms. The van der Waals surface area contributed by atoms with Gasteiger partial charge >= 0.3 is 10.2 Å². The van der Waals surface area contributed by atoms with Crippen molar-refractivity contribution >= 4 is 27.7 Å². The molecule has 150 valence electrons. The molecular formula is C18H28N4O4S. The Balaban J connectivity index is 2.08. The van der Waals surface area contributed by atoms with E-state index in [0.29, 0.717) is 18.8 Å². The van der Waals surface area contributed by atoms with E-state index in [4.69, 9.17) is 0 Å². The summed E-state index contributed by atoms with van der Waals surface area (Å²) in [4.78, 5) is 26.7. The van der Waals surface area contributed by atoms with Crippen molar-refractivity contribution in [3.63, 3.8) is 0 Å². The van der Waals surface area contributed by atoms with Gasteiger partial charge < -0.3 is 10.2 Å². The fraction of sp³-hybridized carbons (Fsp3) is 0.556. The van der Waals surface area contributed by atoms with Crippen LogP contribution in [-0.4, -0.2) is 69.2 Å². The number of carbonyl (C=O) groups is 2. The molecule has 1 unspecified atom stereocenters. The van der Waals surface area contributed by atoms with Crippen molar-refractivity contribution in [3.05, 3.63) is 30.3 Å². The largest absolute Gasteiger partial charge is 0.343 e. The van der Waals surface area contributed by atoms with Gasteiger partial charge in [0.25, 0.3) is 0 Å². The van der Waals surface area contributed by atoms with Crippen molar-refractivity contribution in [1.82, 2.24) is 14.5 Å². The molecule has 1 atom stereocenters. The number of hydrogen-bond donors (Lipinski definition) is 1. The molecule has 1 fully saturated rings. The normalized spacial score (nSPS) is 16.1. The van der Waals surface area contributed by atoms with Gasteiger partial charge in [-0.05, 0) is 38.3 Å². The predicted molar refractivity (Wildman–Crippen MR) is 104 cm³/mol. The van der Waals surface area contributed by atoms with E-state index in [1.807, 2.05) is 0 Å². The molecule has 1 aromatic carbocycles. The van der Waals surface area contributed by atoms with Crippen LogP contribution in [0.3, 0.4) is 0 Å². The molecule has 8 nitrogen and oxygen atoms in total. The Hall–Kier alpha value is -2.13. The number of rotatable bonds is 7. The average Bonchev–Trinajstić information content (AvgIpc) is 2.66. The number of para-hydroxylation sites is 1. The maximum absolute atomic E-state index is 12.6. The van der Waals surface area contributed by atoms with Crippen LogP contribution in [0.15, 0.2) is 30.3 Å². The summed E-state index contributed by atoms with van der Waals surface area (Å²) < 4.78 is 27.3. The molecule has 1 saturated heterocycles. The van der Waals surface area contributed by atoms with Crippen molar-refractivity contribution in [2.24, 2.45) is 0 Å². The van der Waals surface area contributed by atoms with E-state index >= 15 is 0 Å². The average molecular weight is 397 g/mol. The van der Waals surface area contributed by atoms with E-state index in [9.17, 15) is 18.0 Å². The van der Waals surface area contributed by atoms with Gasteiger partial charge in [0.2, 0.25) is 11.8 Å². The molecule has 27 heavy (non-hydrogen) atoms. The number of piperidine rings is 1. The van der Waals surface area contributed by atoms with Crippen molar-refractivity contribution in [3.8, 4) is 0 Å². The zero-order valence-electron chi connectivity index (χ0n) is 16.1. The number of nitrogens with one attached hydrogen (secondary N) is 1. The summed E-state index contributed by atoms with van der Waals surface area (Å²) in [5, 5.41) is 2.63. The topological polar surface area (TPSA) is 90.0 Å². The first-order valence-electron chi connectivity index (χ1n) is 9.07. The lowest BCUT2D eigenvalue weighted by atomic mass is 10.1. The van der Waals surface area contributed by atoms with Crippen molar-refractivity contribution < 1.29 is 18.0 Å². The Morgan fingerprint density at radius 3 is 2.26 bits per heavy atom. The van der Waals surface area contributed by atoms with Crippen molar-refractivity contribution in [2.75, 3.05) is 38.0 Å². The van der Waals surface area contributed by atoms with Crippen molar-refractivity contribution in [1.29, 1.82) is 0 Å². The first-order chi connectivity index (χ1) is 12.7. The molecule has 1 aliphatic rings. The van der Waals surface area contributed by atoms with Crippen LogP contribution in [0.5, 0.6) is 0 Å². The van der Waals surface area contributed by atoms with E-state index in [-0.39, 0.29) is 5.91 Å². The summed E-state index contributed by atoms with van der Waals surface area (Å²) in [7, 11) is -1.04. The predicted octanol–water partition coefficient (Wildman–Crippen LogP) is 0.817. The van der Waals surface area contributed by atoms with Crippen LogP contribution in [0.4, 0.5) is 5.69 Å². The number of amides is 2. The second kappa shape index (κ2) is 9.18. The van der Waals surface area contributed by atoms with Crippen molar-refractivity contribution in [2.45, 2.75) is 32.2 Å². The minimum atomic E-state index is -3.85. The molecule has 0 bridgehead atoms. The number of hydrogen-bond acceptors (Lipinski definition) is 4. The highest BCUT2D eigenvalue weighted by atomic mass is 32.2. The van der Waals surface area contributed by atoms with Crippen LogP contribution in [-0.2, 0) is 19.8 Å². The lowest BCUT2D eigenvalue weighted by molar-refractivity contribution is -0.136. The molecule has 1 aliphatic heterocycles. The molecule has 9 heteroatoms. The van der Waals surface area contributed by atoms with Crippen LogP contribution in [0.2, 0.25) is 0 Å². The highest BCUT2D eigenvalue weighted by Crippen LogP contribution is 2.18. The van der Waals surface area contributed by atoms with Gasteiger partial charge in [-0.25, -0.2) is 4.31 Å². The summed E-state index contributed by atoms with van der Waals surface area (Å²) in [5.41, 5.74) is 0.386. The van der Waals surface area contributed by atoms with Gasteiger partial charge in [0.05, 0.1) is 5.69 Å². The van der Waals surface area contributed by atoms with E-state index < -0.39 is 28.7 Å². The number of carbonyl (C=O) groups excluding carboxylic acids is 2. The molecule has 0 aliphatic carbocycles. The molecule has 1 heterocycles. The molecule has 2 rings (SSSR count). The monoisotopic (exact) mass is 396 g/mol. The zero-order valence-corrected chi connectivity index (χ0v) is 16.9.